The topological polar surface area (TPSA) is 84.7 Å². The molecule has 3 aromatic heterocycles. The van der Waals surface area contributed by atoms with E-state index in [1.165, 1.54) is 6.92 Å². The highest BCUT2D eigenvalue weighted by atomic mass is 32.1. The van der Waals surface area contributed by atoms with Crippen molar-refractivity contribution in [1.29, 1.82) is 0 Å². The summed E-state index contributed by atoms with van der Waals surface area (Å²) in [5.74, 6) is 0.697. The van der Waals surface area contributed by atoms with Gasteiger partial charge in [0.05, 0.1) is 11.8 Å². The average molecular weight is 366 g/mol. The summed E-state index contributed by atoms with van der Waals surface area (Å²) >= 11 is 1.61. The van der Waals surface area contributed by atoms with Gasteiger partial charge in [0, 0.05) is 33.1 Å². The number of aromatic nitrogens is 4. The summed E-state index contributed by atoms with van der Waals surface area (Å²) in [6.45, 7) is 2.04. The van der Waals surface area contributed by atoms with E-state index in [9.17, 15) is 4.79 Å². The van der Waals surface area contributed by atoms with E-state index in [2.05, 4.69) is 20.6 Å². The minimum Gasteiger partial charge on any atom is -0.371 e. The van der Waals surface area contributed by atoms with Gasteiger partial charge in [-0.2, -0.15) is 0 Å². The van der Waals surface area contributed by atoms with E-state index >= 15 is 0 Å². The lowest BCUT2D eigenvalue weighted by Gasteiger charge is -2.03. The van der Waals surface area contributed by atoms with Crippen molar-refractivity contribution in [3.63, 3.8) is 0 Å². The van der Waals surface area contributed by atoms with Crippen molar-refractivity contribution >= 4 is 44.4 Å². The Morgan fingerprint density at radius 3 is 2.69 bits per heavy atom. The van der Waals surface area contributed by atoms with E-state index < -0.39 is 0 Å². The Kier molecular flexibility index (Phi) is 4.04. The highest BCUT2D eigenvalue weighted by Gasteiger charge is 2.16. The van der Waals surface area contributed by atoms with Crippen LogP contribution in [-0.4, -0.2) is 32.5 Å². The van der Waals surface area contributed by atoms with Gasteiger partial charge >= 0.3 is 0 Å². The van der Waals surface area contributed by atoms with Crippen LogP contribution in [0.15, 0.2) is 30.6 Å². The van der Waals surface area contributed by atoms with Gasteiger partial charge < -0.3 is 15.2 Å². The predicted octanol–water partition coefficient (Wildman–Crippen LogP) is 2.92. The van der Waals surface area contributed by atoms with Crippen LogP contribution < -0.4 is 10.6 Å². The Morgan fingerprint density at radius 2 is 2.00 bits per heavy atom. The van der Waals surface area contributed by atoms with E-state index in [1.807, 2.05) is 42.9 Å². The molecule has 0 fully saturated rings. The predicted molar refractivity (Wildman–Crippen MR) is 104 cm³/mol. The molecule has 0 aliphatic heterocycles. The number of anilines is 1. The zero-order valence-corrected chi connectivity index (χ0v) is 15.5. The molecule has 1 amide bonds. The molecule has 0 atom stereocenters. The zero-order valence-electron chi connectivity index (χ0n) is 14.7. The number of carbonyl (C=O) groups is 1. The number of hydrogen-bond donors (Lipinski definition) is 2. The molecule has 132 valence electrons. The van der Waals surface area contributed by atoms with Crippen LogP contribution in [0.3, 0.4) is 0 Å². The molecular weight excluding hydrogens is 348 g/mol. The Labute approximate surface area is 154 Å². The maximum atomic E-state index is 11.0. The van der Waals surface area contributed by atoms with E-state index in [-0.39, 0.29) is 5.91 Å². The molecular formula is C18H18N6OS. The maximum absolute atomic E-state index is 11.0. The Balaban J connectivity index is 1.77. The molecule has 0 saturated carbocycles. The third-order valence-electron chi connectivity index (χ3n) is 4.18. The molecule has 7 nitrogen and oxygen atoms in total. The molecule has 4 rings (SSSR count). The van der Waals surface area contributed by atoms with Gasteiger partial charge in [-0.05, 0) is 5.56 Å². The van der Waals surface area contributed by atoms with Crippen LogP contribution in [-0.2, 0) is 18.4 Å². The molecule has 8 heteroatoms. The zero-order chi connectivity index (χ0) is 18.3. The van der Waals surface area contributed by atoms with Crippen LogP contribution in [0.5, 0.6) is 0 Å². The number of benzene rings is 1. The van der Waals surface area contributed by atoms with Crippen LogP contribution in [0.4, 0.5) is 5.82 Å². The monoisotopic (exact) mass is 366 g/mol. The van der Waals surface area contributed by atoms with E-state index in [1.54, 1.807) is 17.7 Å². The average Bonchev–Trinajstić information content (AvgIpc) is 3.23. The fourth-order valence-electron chi connectivity index (χ4n) is 2.86. The second kappa shape index (κ2) is 6.38. The van der Waals surface area contributed by atoms with Gasteiger partial charge in [-0.15, -0.1) is 11.3 Å². The van der Waals surface area contributed by atoms with E-state index in [0.717, 1.165) is 37.7 Å². The van der Waals surface area contributed by atoms with Crippen LogP contribution in [0.25, 0.3) is 32.0 Å². The van der Waals surface area contributed by atoms with Crippen LogP contribution in [0.2, 0.25) is 0 Å². The summed E-state index contributed by atoms with van der Waals surface area (Å²) in [5, 5.41) is 6.81. The lowest BCUT2D eigenvalue weighted by Crippen LogP contribution is -2.18. The second-order valence-electron chi connectivity index (χ2n) is 6.04. The van der Waals surface area contributed by atoms with E-state index in [4.69, 9.17) is 4.98 Å². The Hall–Kier alpha value is -3.00. The number of hydrogen-bond acceptors (Lipinski definition) is 6. The fourth-order valence-corrected chi connectivity index (χ4v) is 3.96. The van der Waals surface area contributed by atoms with Gasteiger partial charge in [-0.1, -0.05) is 24.3 Å². The van der Waals surface area contributed by atoms with Gasteiger partial charge in [0.25, 0.3) is 0 Å². The number of rotatable bonds is 4. The first kappa shape index (κ1) is 16.5. The SMILES string of the molecule is CNc1nc2nc(-c3ccc(CNC(C)=O)cc3)sc2c2c1ncn2C. The maximum Gasteiger partial charge on any atom is 0.217 e. The molecule has 2 N–H and O–H groups in total. The molecule has 0 radical (unpaired) electrons. The molecule has 0 saturated heterocycles. The summed E-state index contributed by atoms with van der Waals surface area (Å²) in [5.41, 5.74) is 4.68. The smallest absolute Gasteiger partial charge is 0.217 e. The molecule has 1 aromatic carbocycles. The summed E-state index contributed by atoms with van der Waals surface area (Å²) in [4.78, 5) is 24.8. The number of aryl methyl sites for hydroxylation is 1. The summed E-state index contributed by atoms with van der Waals surface area (Å²) < 4.78 is 3.02. The summed E-state index contributed by atoms with van der Waals surface area (Å²) in [6.07, 6.45) is 1.79. The second-order valence-corrected chi connectivity index (χ2v) is 7.04. The molecule has 3 heterocycles. The number of nitrogens with zero attached hydrogens (tertiary/aromatic N) is 4. The van der Waals surface area contributed by atoms with Crippen LogP contribution in [0.1, 0.15) is 12.5 Å². The minimum atomic E-state index is -0.0353. The highest BCUT2D eigenvalue weighted by molar-refractivity contribution is 7.22. The molecule has 0 bridgehead atoms. The van der Waals surface area contributed by atoms with Crippen molar-refractivity contribution in [3.05, 3.63) is 36.2 Å². The number of carbonyl (C=O) groups excluding carboxylic acids is 1. The summed E-state index contributed by atoms with van der Waals surface area (Å²) in [7, 11) is 3.81. The molecule has 0 aliphatic rings. The molecule has 0 spiro atoms. The van der Waals surface area contributed by atoms with Crippen molar-refractivity contribution in [3.8, 4) is 10.6 Å². The quantitative estimate of drug-likeness (QED) is 0.580. The standard InChI is InChI=1S/C18H18N6OS/c1-10(25)20-8-11-4-6-12(7-5-11)18-23-17-15(26-18)14-13(16(19-2)22-17)21-9-24(14)3/h4-7,9H,8H2,1-3H3,(H,19,22)(H,20,25). The van der Waals surface area contributed by atoms with Gasteiger partial charge in [0.2, 0.25) is 5.91 Å². The Bertz CT molecular complexity index is 1110. The molecule has 4 aromatic rings. The first-order valence-electron chi connectivity index (χ1n) is 8.20. The third kappa shape index (κ3) is 2.78. The molecule has 0 aliphatic carbocycles. The highest BCUT2D eigenvalue weighted by Crippen LogP contribution is 2.35. The summed E-state index contributed by atoms with van der Waals surface area (Å²) in [6, 6.07) is 8.05. The molecule has 0 unspecified atom stereocenters. The Morgan fingerprint density at radius 1 is 1.23 bits per heavy atom. The fraction of sp³-hybridized carbons (Fsp3) is 0.222. The number of imidazole rings is 1. The van der Waals surface area contributed by atoms with Crippen molar-refractivity contribution in [2.75, 3.05) is 12.4 Å². The van der Waals surface area contributed by atoms with Gasteiger partial charge in [-0.25, -0.2) is 15.0 Å². The van der Waals surface area contributed by atoms with Crippen molar-refractivity contribution < 1.29 is 4.79 Å². The first-order chi connectivity index (χ1) is 12.6. The van der Waals surface area contributed by atoms with Crippen molar-refractivity contribution in [2.24, 2.45) is 7.05 Å². The number of pyridine rings is 1. The van der Waals surface area contributed by atoms with Crippen molar-refractivity contribution in [1.82, 2.24) is 24.8 Å². The van der Waals surface area contributed by atoms with Crippen LogP contribution >= 0.6 is 11.3 Å². The largest absolute Gasteiger partial charge is 0.371 e. The molecule has 26 heavy (non-hydrogen) atoms. The van der Waals surface area contributed by atoms with E-state index in [0.29, 0.717) is 12.2 Å². The number of thiazole rings is 1. The lowest BCUT2D eigenvalue weighted by atomic mass is 10.1. The number of nitrogens with one attached hydrogen (secondary N) is 2. The van der Waals surface area contributed by atoms with Crippen LogP contribution in [0, 0.1) is 0 Å². The van der Waals surface area contributed by atoms with Gasteiger partial charge in [0.15, 0.2) is 11.5 Å². The normalized spacial score (nSPS) is 11.2. The van der Waals surface area contributed by atoms with Gasteiger partial charge in [0.1, 0.15) is 15.2 Å². The first-order valence-corrected chi connectivity index (χ1v) is 9.01. The number of amides is 1. The van der Waals surface area contributed by atoms with Crippen molar-refractivity contribution in [2.45, 2.75) is 13.5 Å². The third-order valence-corrected chi connectivity index (χ3v) is 5.28. The van der Waals surface area contributed by atoms with Gasteiger partial charge in [-0.3, -0.25) is 4.79 Å². The minimum absolute atomic E-state index is 0.0353. The number of fused-ring (bicyclic) bond motifs is 3. The lowest BCUT2D eigenvalue weighted by molar-refractivity contribution is -0.119.